The first kappa shape index (κ1) is 29.1. The van der Waals surface area contributed by atoms with Gasteiger partial charge in [-0.2, -0.15) is 0 Å². The molecule has 0 unspecified atom stereocenters. The average Bonchev–Trinajstić information content (AvgIpc) is 2.68. The molecule has 0 saturated heterocycles. The van der Waals surface area contributed by atoms with Crippen LogP contribution in [0, 0.1) is 42.5 Å². The predicted molar refractivity (Wildman–Crippen MR) is 132 cm³/mol. The molecular formula is C27H35N3Zr. The van der Waals surface area contributed by atoms with E-state index in [1.54, 1.807) is 0 Å². The molecule has 0 atom stereocenters. The van der Waals surface area contributed by atoms with E-state index in [-0.39, 0.29) is 46.5 Å². The smallest absolute Gasteiger partial charge is 0.683 e. The molecule has 0 aliphatic carbocycles. The van der Waals surface area contributed by atoms with Gasteiger partial charge in [0.1, 0.15) is 0 Å². The van der Waals surface area contributed by atoms with Gasteiger partial charge in [-0.1, -0.05) is 71.6 Å². The first-order valence-electron chi connectivity index (χ1n) is 9.80. The Morgan fingerprint density at radius 3 is 1.45 bits per heavy atom. The van der Waals surface area contributed by atoms with Gasteiger partial charge in [-0.15, -0.1) is 24.5 Å². The second-order valence-electron chi connectivity index (χ2n) is 7.89. The Kier molecular flexibility index (Phi) is 12.0. The van der Waals surface area contributed by atoms with E-state index in [4.69, 9.17) is 10.6 Å². The Morgan fingerprint density at radius 2 is 1.10 bits per heavy atom. The van der Waals surface area contributed by atoms with E-state index in [9.17, 15) is 0 Å². The number of aryl methyl sites for hydroxylation is 4. The summed E-state index contributed by atoms with van der Waals surface area (Å²) < 4.78 is 0. The standard InChI is InChI=1S/C25H29N3.2CH3.Zr/c1-18-10-8-11-19(2)23(18)27-16-25(5,22-14-6-7-15-26-22)17-28-24-20(3)12-9-13-21(24)4;;;/h6-15H,16-17H2,1-5H3;2*1H3;/q-2;2*-1;+4. The van der Waals surface area contributed by atoms with Crippen molar-refractivity contribution >= 4 is 11.4 Å². The van der Waals surface area contributed by atoms with Gasteiger partial charge in [0, 0.05) is 11.9 Å². The number of aromatic nitrogens is 1. The fourth-order valence-corrected chi connectivity index (χ4v) is 3.55. The number of nitrogens with zero attached hydrogens (tertiary/aromatic N) is 3. The second-order valence-corrected chi connectivity index (χ2v) is 7.89. The Labute approximate surface area is 209 Å². The third kappa shape index (κ3) is 7.04. The van der Waals surface area contributed by atoms with Crippen LogP contribution in [0.25, 0.3) is 10.6 Å². The summed E-state index contributed by atoms with van der Waals surface area (Å²) in [6.07, 6.45) is 1.85. The molecule has 0 N–H and O–H groups in total. The van der Waals surface area contributed by atoms with Crippen LogP contribution >= 0.6 is 0 Å². The molecular weight excluding hydrogens is 458 g/mol. The van der Waals surface area contributed by atoms with Crippen LogP contribution in [-0.2, 0) is 31.6 Å². The van der Waals surface area contributed by atoms with Crippen molar-refractivity contribution in [2.75, 3.05) is 13.1 Å². The van der Waals surface area contributed by atoms with E-state index < -0.39 is 0 Å². The van der Waals surface area contributed by atoms with Gasteiger partial charge in [-0.3, -0.25) is 4.98 Å². The summed E-state index contributed by atoms with van der Waals surface area (Å²) in [6, 6.07) is 18.7. The fourth-order valence-electron chi connectivity index (χ4n) is 3.55. The zero-order chi connectivity index (χ0) is 20.1. The van der Waals surface area contributed by atoms with Crippen LogP contribution in [0.2, 0.25) is 0 Å². The van der Waals surface area contributed by atoms with Crippen molar-refractivity contribution in [3.05, 3.63) is 114 Å². The van der Waals surface area contributed by atoms with E-state index in [0.29, 0.717) is 13.1 Å². The summed E-state index contributed by atoms with van der Waals surface area (Å²) in [5.41, 5.74) is 7.73. The summed E-state index contributed by atoms with van der Waals surface area (Å²) in [7, 11) is 0. The summed E-state index contributed by atoms with van der Waals surface area (Å²) in [5, 5.41) is 10.0. The largest absolute Gasteiger partial charge is 4.00 e. The van der Waals surface area contributed by atoms with Crippen LogP contribution in [0.5, 0.6) is 0 Å². The SMILES string of the molecule is Cc1cccc(C)c1[N-]CC(C)(C[N-]c1c(C)cccc1C)c1ccccn1.[CH3-].[CH3-].[Zr+4]. The second kappa shape index (κ2) is 12.8. The van der Waals surface area contributed by atoms with Crippen molar-refractivity contribution in [1.82, 2.24) is 4.98 Å². The topological polar surface area (TPSA) is 41.1 Å². The van der Waals surface area contributed by atoms with E-state index in [1.807, 2.05) is 18.3 Å². The molecule has 3 rings (SSSR count). The fraction of sp³-hybridized carbons (Fsp3) is 0.296. The molecule has 3 aromatic rings. The van der Waals surface area contributed by atoms with Crippen molar-refractivity contribution in [2.24, 2.45) is 0 Å². The molecule has 4 heteroatoms. The van der Waals surface area contributed by atoms with E-state index in [1.165, 1.54) is 22.3 Å². The minimum Gasteiger partial charge on any atom is -0.683 e. The van der Waals surface area contributed by atoms with Crippen molar-refractivity contribution in [3.63, 3.8) is 0 Å². The number of benzene rings is 2. The molecule has 31 heavy (non-hydrogen) atoms. The van der Waals surface area contributed by atoms with Gasteiger partial charge in [-0.05, 0) is 45.2 Å². The maximum Gasteiger partial charge on any atom is 4.00 e. The number of hydrogen-bond donors (Lipinski definition) is 0. The maximum absolute atomic E-state index is 5.01. The van der Waals surface area contributed by atoms with Crippen LogP contribution in [0.1, 0.15) is 34.9 Å². The third-order valence-corrected chi connectivity index (χ3v) is 5.33. The molecule has 2 aromatic carbocycles. The minimum absolute atomic E-state index is 0. The average molecular weight is 493 g/mol. The molecule has 0 spiro atoms. The molecule has 0 aliphatic heterocycles. The van der Waals surface area contributed by atoms with Gasteiger partial charge in [0.15, 0.2) is 0 Å². The monoisotopic (exact) mass is 491 g/mol. The number of para-hydroxylation sites is 2. The van der Waals surface area contributed by atoms with Crippen molar-refractivity contribution in [1.29, 1.82) is 0 Å². The van der Waals surface area contributed by atoms with Crippen LogP contribution in [-0.4, -0.2) is 18.1 Å². The zero-order valence-corrected chi connectivity index (χ0v) is 22.5. The molecule has 0 radical (unpaired) electrons. The molecule has 0 bridgehead atoms. The molecule has 1 heterocycles. The van der Waals surface area contributed by atoms with Gasteiger partial charge >= 0.3 is 26.2 Å². The Morgan fingerprint density at radius 1 is 0.677 bits per heavy atom. The number of hydrogen-bond acceptors (Lipinski definition) is 1. The maximum atomic E-state index is 5.01. The Balaban J connectivity index is 0.00000300. The summed E-state index contributed by atoms with van der Waals surface area (Å²) in [6.45, 7) is 12.0. The molecule has 1 aromatic heterocycles. The minimum atomic E-state index is -0.273. The molecule has 0 fully saturated rings. The molecule has 0 aliphatic rings. The first-order chi connectivity index (χ1) is 13.4. The van der Waals surface area contributed by atoms with Crippen LogP contribution in [0.4, 0.5) is 11.4 Å². The van der Waals surface area contributed by atoms with Crippen molar-refractivity contribution in [2.45, 2.75) is 40.0 Å². The Bertz CT molecular complexity index is 842. The van der Waals surface area contributed by atoms with Crippen LogP contribution in [0.15, 0.2) is 60.8 Å². The van der Waals surface area contributed by atoms with Gasteiger partial charge in [-0.25, -0.2) is 0 Å². The van der Waals surface area contributed by atoms with Gasteiger partial charge in [0.05, 0.1) is 0 Å². The molecule has 3 nitrogen and oxygen atoms in total. The molecule has 162 valence electrons. The zero-order valence-electron chi connectivity index (χ0n) is 20.0. The number of rotatable bonds is 7. The Hall–Kier alpha value is -1.93. The van der Waals surface area contributed by atoms with Gasteiger partial charge < -0.3 is 25.5 Å². The van der Waals surface area contributed by atoms with Crippen LogP contribution < -0.4 is 0 Å². The first-order valence-corrected chi connectivity index (χ1v) is 9.80. The van der Waals surface area contributed by atoms with E-state index in [0.717, 1.165) is 17.1 Å². The molecule has 0 saturated carbocycles. The predicted octanol–water partition coefficient (Wildman–Crippen LogP) is 7.88. The summed E-state index contributed by atoms with van der Waals surface area (Å²) in [4.78, 5) is 4.65. The van der Waals surface area contributed by atoms with Gasteiger partial charge in [0.25, 0.3) is 0 Å². The summed E-state index contributed by atoms with van der Waals surface area (Å²) >= 11 is 0. The van der Waals surface area contributed by atoms with Crippen LogP contribution in [0.3, 0.4) is 0 Å². The quantitative estimate of drug-likeness (QED) is 0.309. The van der Waals surface area contributed by atoms with E-state index in [2.05, 4.69) is 82.1 Å². The number of pyridine rings is 1. The van der Waals surface area contributed by atoms with E-state index >= 15 is 0 Å². The van der Waals surface area contributed by atoms with Crippen molar-refractivity contribution in [3.8, 4) is 0 Å². The summed E-state index contributed by atoms with van der Waals surface area (Å²) in [5.74, 6) is 0. The van der Waals surface area contributed by atoms with Crippen molar-refractivity contribution < 1.29 is 26.2 Å². The third-order valence-electron chi connectivity index (χ3n) is 5.33. The molecule has 0 amide bonds. The normalized spacial score (nSPS) is 10.2. The van der Waals surface area contributed by atoms with Gasteiger partial charge in [0.2, 0.25) is 0 Å².